The Morgan fingerprint density at radius 1 is 1.10 bits per heavy atom. The highest BCUT2D eigenvalue weighted by Crippen LogP contribution is 2.26. The summed E-state index contributed by atoms with van der Waals surface area (Å²) in [7, 11) is 4.44. The van der Waals surface area contributed by atoms with Gasteiger partial charge in [0.05, 0.1) is 6.61 Å². The smallest absolute Gasteiger partial charge is 0.303 e. The zero-order valence-electron chi connectivity index (χ0n) is 13.0. The normalized spacial score (nSPS) is 32.5. The second-order valence-corrected chi connectivity index (χ2v) is 4.73. The van der Waals surface area contributed by atoms with Gasteiger partial charge in [0, 0.05) is 35.2 Å². The Morgan fingerprint density at radius 3 is 2.19 bits per heavy atom. The van der Waals surface area contributed by atoms with Crippen LogP contribution in [0.2, 0.25) is 0 Å². The van der Waals surface area contributed by atoms with Gasteiger partial charge in [0.25, 0.3) is 0 Å². The molecule has 21 heavy (non-hydrogen) atoms. The maximum absolute atomic E-state index is 11.4. The molecular formula is C13H23NO7. The average Bonchev–Trinajstić information content (AvgIpc) is 2.40. The van der Waals surface area contributed by atoms with Crippen LogP contribution in [0.1, 0.15) is 13.8 Å². The van der Waals surface area contributed by atoms with Crippen LogP contribution >= 0.6 is 0 Å². The molecule has 0 aromatic carbocycles. The monoisotopic (exact) mass is 305 g/mol. The summed E-state index contributed by atoms with van der Waals surface area (Å²) in [4.78, 5) is 22.7. The highest BCUT2D eigenvalue weighted by atomic mass is 16.7. The fraction of sp³-hybridized carbons (Fsp3) is 0.846. The summed E-state index contributed by atoms with van der Waals surface area (Å²) in [5, 5.41) is 2.70. The van der Waals surface area contributed by atoms with Crippen LogP contribution in [0.5, 0.6) is 0 Å². The van der Waals surface area contributed by atoms with Crippen LogP contribution in [0.3, 0.4) is 0 Å². The van der Waals surface area contributed by atoms with Gasteiger partial charge in [-0.05, 0) is 0 Å². The molecule has 0 aromatic rings. The Labute approximate surface area is 124 Å². The van der Waals surface area contributed by atoms with Gasteiger partial charge in [-0.15, -0.1) is 0 Å². The second kappa shape index (κ2) is 8.28. The van der Waals surface area contributed by atoms with Gasteiger partial charge in [0.2, 0.25) is 5.91 Å². The van der Waals surface area contributed by atoms with Crippen molar-refractivity contribution in [3.63, 3.8) is 0 Å². The van der Waals surface area contributed by atoms with E-state index in [1.54, 1.807) is 0 Å². The first kappa shape index (κ1) is 17.8. The van der Waals surface area contributed by atoms with Crippen molar-refractivity contribution < 1.29 is 33.3 Å². The molecule has 1 heterocycles. The fourth-order valence-electron chi connectivity index (χ4n) is 2.41. The van der Waals surface area contributed by atoms with Gasteiger partial charge in [0.1, 0.15) is 18.2 Å². The van der Waals surface area contributed by atoms with Crippen LogP contribution in [-0.2, 0) is 33.3 Å². The summed E-state index contributed by atoms with van der Waals surface area (Å²) < 4.78 is 26.8. The van der Waals surface area contributed by atoms with Gasteiger partial charge in [-0.2, -0.15) is 0 Å². The molecule has 0 bridgehead atoms. The first-order valence-corrected chi connectivity index (χ1v) is 6.58. The van der Waals surface area contributed by atoms with Gasteiger partial charge >= 0.3 is 5.97 Å². The molecule has 1 saturated heterocycles. The molecule has 0 radical (unpaired) electrons. The van der Waals surface area contributed by atoms with Gasteiger partial charge in [-0.1, -0.05) is 0 Å². The Morgan fingerprint density at radius 2 is 1.76 bits per heavy atom. The topological polar surface area (TPSA) is 92.3 Å². The third kappa shape index (κ3) is 4.63. The number of carbonyl (C=O) groups excluding carboxylic acids is 2. The van der Waals surface area contributed by atoms with E-state index >= 15 is 0 Å². The Kier molecular flexibility index (Phi) is 7.03. The molecule has 8 heteroatoms. The van der Waals surface area contributed by atoms with Gasteiger partial charge < -0.3 is 29.0 Å². The minimum Gasteiger partial charge on any atom is -0.457 e. The van der Waals surface area contributed by atoms with Crippen molar-refractivity contribution in [2.24, 2.45) is 0 Å². The first-order valence-electron chi connectivity index (χ1n) is 6.58. The average molecular weight is 305 g/mol. The van der Waals surface area contributed by atoms with Gasteiger partial charge in [0.15, 0.2) is 12.4 Å². The van der Waals surface area contributed by atoms with E-state index in [9.17, 15) is 9.59 Å². The largest absolute Gasteiger partial charge is 0.457 e. The van der Waals surface area contributed by atoms with E-state index in [1.807, 2.05) is 0 Å². The summed E-state index contributed by atoms with van der Waals surface area (Å²) in [6.45, 7) is 2.87. The number of esters is 1. The molecule has 1 rings (SSSR count). The Bertz CT molecular complexity index is 362. The molecule has 1 fully saturated rings. The molecule has 0 saturated carbocycles. The molecule has 122 valence electrons. The lowest BCUT2D eigenvalue weighted by Crippen LogP contribution is -2.65. The molecule has 0 spiro atoms. The van der Waals surface area contributed by atoms with E-state index in [4.69, 9.17) is 23.7 Å². The zero-order chi connectivity index (χ0) is 16.0. The fourth-order valence-corrected chi connectivity index (χ4v) is 2.41. The third-order valence-corrected chi connectivity index (χ3v) is 3.15. The van der Waals surface area contributed by atoms with Crippen molar-refractivity contribution in [3.8, 4) is 0 Å². The number of ether oxygens (including phenoxy) is 5. The third-order valence-electron chi connectivity index (χ3n) is 3.15. The zero-order valence-corrected chi connectivity index (χ0v) is 13.0. The SMILES string of the molecule is COCC1OC(OC)C(NC(C)=O)C(OC)C1OC(C)=O. The Balaban J connectivity index is 3.03. The first-order chi connectivity index (χ1) is 9.94. The second-order valence-electron chi connectivity index (χ2n) is 4.73. The summed E-state index contributed by atoms with van der Waals surface area (Å²) >= 11 is 0. The molecule has 8 nitrogen and oxygen atoms in total. The number of nitrogens with one attached hydrogen (secondary N) is 1. The molecular weight excluding hydrogens is 282 g/mol. The van der Waals surface area contributed by atoms with Crippen molar-refractivity contribution >= 4 is 11.9 Å². The van der Waals surface area contributed by atoms with Crippen LogP contribution in [0, 0.1) is 0 Å². The molecule has 1 aliphatic heterocycles. The van der Waals surface area contributed by atoms with Crippen LogP contribution < -0.4 is 5.32 Å². The number of hydrogen-bond donors (Lipinski definition) is 1. The summed E-state index contributed by atoms with van der Waals surface area (Å²) in [5.41, 5.74) is 0. The maximum atomic E-state index is 11.4. The maximum Gasteiger partial charge on any atom is 0.303 e. The van der Waals surface area contributed by atoms with E-state index < -0.39 is 36.6 Å². The van der Waals surface area contributed by atoms with E-state index in [-0.39, 0.29) is 12.5 Å². The van der Waals surface area contributed by atoms with E-state index in [0.29, 0.717) is 0 Å². The number of hydrogen-bond acceptors (Lipinski definition) is 7. The standard InChI is InChI=1S/C13H23NO7/c1-7(15)14-10-12(18-4)11(20-8(2)16)9(6-17-3)21-13(10)19-5/h9-13H,6H2,1-5H3,(H,14,15). The summed E-state index contributed by atoms with van der Waals surface area (Å²) in [5.74, 6) is -0.733. The van der Waals surface area contributed by atoms with E-state index in [1.165, 1.54) is 35.2 Å². The van der Waals surface area contributed by atoms with Crippen LogP contribution in [0.15, 0.2) is 0 Å². The molecule has 1 N–H and O–H groups in total. The van der Waals surface area contributed by atoms with E-state index in [0.717, 1.165) is 0 Å². The molecule has 1 aliphatic rings. The summed E-state index contributed by atoms with van der Waals surface area (Å²) in [6.07, 6.45) is -2.61. The lowest BCUT2D eigenvalue weighted by Gasteiger charge is -2.44. The molecule has 5 unspecified atom stereocenters. The van der Waals surface area contributed by atoms with Gasteiger partial charge in [-0.25, -0.2) is 0 Å². The van der Waals surface area contributed by atoms with Crippen molar-refractivity contribution in [2.45, 2.75) is 44.5 Å². The van der Waals surface area contributed by atoms with Crippen molar-refractivity contribution in [1.82, 2.24) is 5.32 Å². The van der Waals surface area contributed by atoms with Crippen LogP contribution in [0.25, 0.3) is 0 Å². The quantitative estimate of drug-likeness (QED) is 0.659. The minimum atomic E-state index is -0.731. The number of carbonyl (C=O) groups is 2. The lowest BCUT2D eigenvalue weighted by molar-refractivity contribution is -0.271. The highest BCUT2D eigenvalue weighted by Gasteiger charge is 2.48. The molecule has 5 atom stereocenters. The molecule has 0 aliphatic carbocycles. The number of methoxy groups -OCH3 is 3. The van der Waals surface area contributed by atoms with Crippen molar-refractivity contribution in [1.29, 1.82) is 0 Å². The predicted molar refractivity (Wildman–Crippen MR) is 71.5 cm³/mol. The summed E-state index contributed by atoms with van der Waals surface area (Å²) in [6, 6.07) is -0.602. The van der Waals surface area contributed by atoms with Crippen LogP contribution in [0.4, 0.5) is 0 Å². The number of rotatable bonds is 6. The van der Waals surface area contributed by atoms with Crippen LogP contribution in [-0.4, -0.2) is 70.5 Å². The number of amides is 1. The van der Waals surface area contributed by atoms with Crippen molar-refractivity contribution in [3.05, 3.63) is 0 Å². The lowest BCUT2D eigenvalue weighted by atomic mass is 9.96. The minimum absolute atomic E-state index is 0.199. The predicted octanol–water partition coefficient (Wildman–Crippen LogP) is -0.544. The van der Waals surface area contributed by atoms with Gasteiger partial charge in [-0.3, -0.25) is 9.59 Å². The van der Waals surface area contributed by atoms with E-state index in [2.05, 4.69) is 5.32 Å². The molecule has 1 amide bonds. The Hall–Kier alpha value is -1.22. The van der Waals surface area contributed by atoms with Crippen molar-refractivity contribution in [2.75, 3.05) is 27.9 Å². The highest BCUT2D eigenvalue weighted by molar-refractivity contribution is 5.73. The molecule has 0 aromatic heterocycles.